The minimum absolute atomic E-state index is 0.0106. The lowest BCUT2D eigenvalue weighted by Crippen LogP contribution is -2.16. The molecule has 0 aromatic carbocycles. The van der Waals surface area contributed by atoms with Crippen molar-refractivity contribution in [3.8, 4) is 0 Å². The zero-order valence-corrected chi connectivity index (χ0v) is 10.8. The van der Waals surface area contributed by atoms with Gasteiger partial charge in [0.1, 0.15) is 0 Å². The van der Waals surface area contributed by atoms with Crippen molar-refractivity contribution in [2.75, 3.05) is 6.61 Å². The molecule has 3 atom stereocenters. The van der Waals surface area contributed by atoms with Crippen LogP contribution in [0.1, 0.15) is 52.4 Å². The van der Waals surface area contributed by atoms with E-state index in [1.54, 1.807) is 0 Å². The molecule has 0 aliphatic carbocycles. The molecule has 2 heteroatoms. The second-order valence-electron chi connectivity index (χ2n) is 4.61. The number of unbranched alkanes of at least 4 members (excludes halogenated alkanes) is 2. The number of rotatable bonds is 8. The first-order chi connectivity index (χ1) is 7.81. The van der Waals surface area contributed by atoms with E-state index >= 15 is 0 Å². The average molecular weight is 226 g/mol. The van der Waals surface area contributed by atoms with Gasteiger partial charge in [0.05, 0.1) is 6.10 Å². The summed E-state index contributed by atoms with van der Waals surface area (Å²) in [4.78, 5) is 0. The minimum atomic E-state index is 0.0106. The molecule has 0 amide bonds. The molecule has 1 aliphatic rings. The lowest BCUT2D eigenvalue weighted by atomic mass is 9.97. The summed E-state index contributed by atoms with van der Waals surface area (Å²) in [5.74, 6) is 0.484. The van der Waals surface area contributed by atoms with E-state index in [9.17, 15) is 0 Å². The predicted octanol–water partition coefficient (Wildman–Crippen LogP) is 3.91. The van der Waals surface area contributed by atoms with Crippen LogP contribution in [0.4, 0.5) is 0 Å². The van der Waals surface area contributed by atoms with Gasteiger partial charge >= 0.3 is 0 Å². The van der Waals surface area contributed by atoms with Crippen LogP contribution in [0.2, 0.25) is 0 Å². The average Bonchev–Trinajstić information content (AvgIpc) is 2.69. The highest BCUT2D eigenvalue weighted by molar-refractivity contribution is 4.90. The molecule has 16 heavy (non-hydrogen) atoms. The van der Waals surface area contributed by atoms with Crippen LogP contribution in [0.25, 0.3) is 0 Å². The van der Waals surface area contributed by atoms with E-state index < -0.39 is 0 Å². The topological polar surface area (TPSA) is 18.5 Å². The quantitative estimate of drug-likeness (QED) is 0.461. The molecule has 1 heterocycles. The van der Waals surface area contributed by atoms with E-state index in [2.05, 4.69) is 20.4 Å². The van der Waals surface area contributed by atoms with Crippen LogP contribution < -0.4 is 0 Å². The molecule has 0 radical (unpaired) electrons. The lowest BCUT2D eigenvalue weighted by molar-refractivity contribution is -0.135. The van der Waals surface area contributed by atoms with E-state index in [1.165, 1.54) is 19.3 Å². The van der Waals surface area contributed by atoms with Gasteiger partial charge in [0.2, 0.25) is 0 Å². The highest BCUT2D eigenvalue weighted by atomic mass is 16.7. The predicted molar refractivity (Wildman–Crippen MR) is 67.4 cm³/mol. The molecule has 0 aromatic heterocycles. The van der Waals surface area contributed by atoms with E-state index in [0.717, 1.165) is 25.9 Å². The second kappa shape index (κ2) is 7.86. The highest BCUT2D eigenvalue weighted by Crippen LogP contribution is 2.31. The monoisotopic (exact) mass is 226 g/mol. The molecule has 0 saturated carbocycles. The minimum Gasteiger partial charge on any atom is -0.353 e. The third kappa shape index (κ3) is 4.26. The van der Waals surface area contributed by atoms with Crippen LogP contribution in [-0.4, -0.2) is 19.0 Å². The third-order valence-electron chi connectivity index (χ3n) is 3.22. The van der Waals surface area contributed by atoms with Gasteiger partial charge in [0, 0.05) is 18.9 Å². The van der Waals surface area contributed by atoms with Crippen molar-refractivity contribution < 1.29 is 9.47 Å². The first kappa shape index (κ1) is 13.7. The summed E-state index contributed by atoms with van der Waals surface area (Å²) in [5, 5.41) is 0. The zero-order valence-electron chi connectivity index (χ0n) is 10.8. The normalized spacial score (nSPS) is 29.5. The Bertz CT molecular complexity index is 191. The summed E-state index contributed by atoms with van der Waals surface area (Å²) < 4.78 is 11.6. The summed E-state index contributed by atoms with van der Waals surface area (Å²) in [6.45, 7) is 9.11. The van der Waals surface area contributed by atoms with Crippen LogP contribution >= 0.6 is 0 Å². The van der Waals surface area contributed by atoms with Gasteiger partial charge in [-0.05, 0) is 12.8 Å². The summed E-state index contributed by atoms with van der Waals surface area (Å²) in [5.41, 5.74) is 0. The van der Waals surface area contributed by atoms with Crippen molar-refractivity contribution in [3.63, 3.8) is 0 Å². The Morgan fingerprint density at radius 2 is 2.06 bits per heavy atom. The maximum atomic E-state index is 5.92. The fourth-order valence-corrected chi connectivity index (χ4v) is 2.13. The first-order valence-corrected chi connectivity index (χ1v) is 6.71. The van der Waals surface area contributed by atoms with E-state index in [4.69, 9.17) is 9.47 Å². The second-order valence-corrected chi connectivity index (χ2v) is 4.61. The summed E-state index contributed by atoms with van der Waals surface area (Å²) in [6.07, 6.45) is 9.27. The molecular weight excluding hydrogens is 200 g/mol. The van der Waals surface area contributed by atoms with E-state index in [1.807, 2.05) is 6.08 Å². The van der Waals surface area contributed by atoms with Gasteiger partial charge in [0.15, 0.2) is 6.29 Å². The first-order valence-electron chi connectivity index (χ1n) is 6.71. The Balaban J connectivity index is 2.28. The molecule has 0 bridgehead atoms. The molecule has 1 fully saturated rings. The number of hydrogen-bond donors (Lipinski definition) is 0. The number of ether oxygens (including phenoxy) is 2. The van der Waals surface area contributed by atoms with Gasteiger partial charge in [-0.2, -0.15) is 0 Å². The van der Waals surface area contributed by atoms with Gasteiger partial charge in [0.25, 0.3) is 0 Å². The molecule has 1 saturated heterocycles. The molecule has 94 valence electrons. The SMILES string of the molecule is C=C[C@@H]1CC(OCCCC)O[C@H]1CCCC. The van der Waals surface area contributed by atoms with Crippen LogP contribution in [0.3, 0.4) is 0 Å². The van der Waals surface area contributed by atoms with Gasteiger partial charge in [-0.1, -0.05) is 39.2 Å². The smallest absolute Gasteiger partial charge is 0.158 e. The van der Waals surface area contributed by atoms with Gasteiger partial charge in [-0.15, -0.1) is 6.58 Å². The van der Waals surface area contributed by atoms with Crippen LogP contribution in [0.15, 0.2) is 12.7 Å². The molecular formula is C14H26O2. The molecule has 0 N–H and O–H groups in total. The van der Waals surface area contributed by atoms with Crippen molar-refractivity contribution in [2.24, 2.45) is 5.92 Å². The maximum Gasteiger partial charge on any atom is 0.158 e. The molecule has 1 rings (SSSR count). The largest absolute Gasteiger partial charge is 0.353 e. The van der Waals surface area contributed by atoms with Gasteiger partial charge in [-0.3, -0.25) is 0 Å². The molecule has 2 nitrogen and oxygen atoms in total. The van der Waals surface area contributed by atoms with E-state index in [0.29, 0.717) is 12.0 Å². The lowest BCUT2D eigenvalue weighted by Gasteiger charge is -2.15. The van der Waals surface area contributed by atoms with Crippen molar-refractivity contribution in [2.45, 2.75) is 64.8 Å². The van der Waals surface area contributed by atoms with E-state index in [-0.39, 0.29) is 6.29 Å². The Morgan fingerprint density at radius 1 is 1.31 bits per heavy atom. The summed E-state index contributed by atoms with van der Waals surface area (Å²) in [6, 6.07) is 0. The van der Waals surface area contributed by atoms with Crippen LogP contribution in [0.5, 0.6) is 0 Å². The molecule has 1 unspecified atom stereocenters. The standard InChI is InChI=1S/C14H26O2/c1-4-7-9-13-12(6-3)11-14(16-13)15-10-8-5-2/h6,12-14H,3-5,7-11H2,1-2H3/t12-,13+,14?/m1/s1. The fourth-order valence-electron chi connectivity index (χ4n) is 2.13. The zero-order chi connectivity index (χ0) is 11.8. The summed E-state index contributed by atoms with van der Waals surface area (Å²) >= 11 is 0. The highest BCUT2D eigenvalue weighted by Gasteiger charge is 2.33. The van der Waals surface area contributed by atoms with Crippen molar-refractivity contribution in [1.29, 1.82) is 0 Å². The third-order valence-corrected chi connectivity index (χ3v) is 3.22. The van der Waals surface area contributed by atoms with Crippen molar-refractivity contribution in [1.82, 2.24) is 0 Å². The summed E-state index contributed by atoms with van der Waals surface area (Å²) in [7, 11) is 0. The Kier molecular flexibility index (Phi) is 6.74. The Morgan fingerprint density at radius 3 is 2.69 bits per heavy atom. The Labute approximate surface area is 100 Å². The van der Waals surface area contributed by atoms with Crippen molar-refractivity contribution >= 4 is 0 Å². The van der Waals surface area contributed by atoms with Gasteiger partial charge < -0.3 is 9.47 Å². The fraction of sp³-hybridized carbons (Fsp3) is 0.857. The Hall–Kier alpha value is -0.340. The number of hydrogen-bond acceptors (Lipinski definition) is 2. The van der Waals surface area contributed by atoms with Gasteiger partial charge in [-0.25, -0.2) is 0 Å². The van der Waals surface area contributed by atoms with Crippen LogP contribution in [0, 0.1) is 5.92 Å². The molecule has 0 aromatic rings. The molecule has 1 aliphatic heterocycles. The maximum absolute atomic E-state index is 5.92. The molecule has 0 spiro atoms. The van der Waals surface area contributed by atoms with Crippen molar-refractivity contribution in [3.05, 3.63) is 12.7 Å². The van der Waals surface area contributed by atoms with Crippen LogP contribution in [-0.2, 0) is 9.47 Å².